The molecule has 0 spiro atoms. The number of rotatable bonds is 4. The molecule has 1 heterocycles. The quantitative estimate of drug-likeness (QED) is 0.887. The van der Waals surface area contributed by atoms with Crippen molar-refractivity contribution >= 4 is 11.9 Å². The second-order valence-electron chi connectivity index (χ2n) is 5.64. The fourth-order valence-corrected chi connectivity index (χ4v) is 1.87. The number of carboxylic acid groups (broad SMARTS) is 1. The molecule has 5 nitrogen and oxygen atoms in total. The number of nitrogens with zero attached hydrogens (tertiary/aromatic N) is 2. The first-order valence-electron chi connectivity index (χ1n) is 5.83. The summed E-state index contributed by atoms with van der Waals surface area (Å²) >= 11 is 0. The summed E-state index contributed by atoms with van der Waals surface area (Å²) < 4.78 is 1.45. The predicted molar refractivity (Wildman–Crippen MR) is 68.5 cm³/mol. The van der Waals surface area contributed by atoms with E-state index in [-0.39, 0.29) is 17.9 Å². The van der Waals surface area contributed by atoms with Gasteiger partial charge < -0.3 is 14.6 Å². The zero-order valence-electron chi connectivity index (χ0n) is 11.3. The molecule has 1 N–H and O–H groups in total. The standard InChI is InChI=1S/C13H20N2O3/c1-13(2,3)9-14(4)12(18)10-6-5-7-15(10)8-11(16)17/h5-7H,8-9H2,1-4H3,(H,16,17). The van der Waals surface area contributed by atoms with Gasteiger partial charge in [-0.15, -0.1) is 0 Å². The van der Waals surface area contributed by atoms with Crippen molar-refractivity contribution in [2.24, 2.45) is 5.41 Å². The Kier molecular flexibility index (Phi) is 4.16. The summed E-state index contributed by atoms with van der Waals surface area (Å²) in [4.78, 5) is 24.5. The molecule has 5 heteroatoms. The molecule has 0 radical (unpaired) electrons. The smallest absolute Gasteiger partial charge is 0.323 e. The molecule has 0 atom stereocenters. The van der Waals surface area contributed by atoms with Crippen molar-refractivity contribution < 1.29 is 14.7 Å². The van der Waals surface area contributed by atoms with Gasteiger partial charge >= 0.3 is 5.97 Å². The minimum atomic E-state index is -0.960. The van der Waals surface area contributed by atoms with Crippen molar-refractivity contribution in [3.05, 3.63) is 24.0 Å². The molecule has 0 saturated heterocycles. The SMILES string of the molecule is CN(CC(C)(C)C)C(=O)c1cccn1CC(=O)O. The zero-order chi connectivity index (χ0) is 13.9. The molecule has 1 aromatic heterocycles. The summed E-state index contributed by atoms with van der Waals surface area (Å²) in [5.74, 6) is -1.12. The highest BCUT2D eigenvalue weighted by molar-refractivity contribution is 5.93. The van der Waals surface area contributed by atoms with E-state index in [0.717, 1.165) is 0 Å². The fourth-order valence-electron chi connectivity index (χ4n) is 1.87. The van der Waals surface area contributed by atoms with Crippen LogP contribution in [0.1, 0.15) is 31.3 Å². The first-order chi connectivity index (χ1) is 8.20. The van der Waals surface area contributed by atoms with E-state index in [1.807, 2.05) is 20.8 Å². The number of hydrogen-bond donors (Lipinski definition) is 1. The van der Waals surface area contributed by atoms with E-state index in [1.54, 1.807) is 30.3 Å². The maximum absolute atomic E-state index is 12.2. The van der Waals surface area contributed by atoms with Crippen LogP contribution in [0, 0.1) is 5.41 Å². The van der Waals surface area contributed by atoms with Crippen LogP contribution >= 0.6 is 0 Å². The molecule has 1 aromatic rings. The maximum Gasteiger partial charge on any atom is 0.323 e. The molecule has 1 amide bonds. The third-order valence-electron chi connectivity index (χ3n) is 2.41. The lowest BCUT2D eigenvalue weighted by Crippen LogP contribution is -2.35. The van der Waals surface area contributed by atoms with E-state index in [1.165, 1.54) is 4.57 Å². The predicted octanol–water partition coefficient (Wildman–Crippen LogP) is 1.69. The van der Waals surface area contributed by atoms with Gasteiger partial charge in [-0.3, -0.25) is 9.59 Å². The Labute approximate surface area is 107 Å². The monoisotopic (exact) mass is 252 g/mol. The third kappa shape index (κ3) is 3.91. The lowest BCUT2D eigenvalue weighted by Gasteiger charge is -2.26. The van der Waals surface area contributed by atoms with E-state index in [4.69, 9.17) is 5.11 Å². The number of amides is 1. The summed E-state index contributed by atoms with van der Waals surface area (Å²) in [6, 6.07) is 3.32. The molecule has 100 valence electrons. The Hall–Kier alpha value is -1.78. The molecule has 0 saturated carbocycles. The topological polar surface area (TPSA) is 62.5 Å². The number of hydrogen-bond acceptors (Lipinski definition) is 2. The fraction of sp³-hybridized carbons (Fsp3) is 0.538. The molecular weight excluding hydrogens is 232 g/mol. The highest BCUT2D eigenvalue weighted by Gasteiger charge is 2.21. The van der Waals surface area contributed by atoms with Crippen LogP contribution in [0.15, 0.2) is 18.3 Å². The Morgan fingerprint density at radius 1 is 1.39 bits per heavy atom. The average Bonchev–Trinajstić information content (AvgIpc) is 2.60. The summed E-state index contributed by atoms with van der Waals surface area (Å²) in [6.45, 7) is 6.56. The van der Waals surface area contributed by atoms with E-state index < -0.39 is 5.97 Å². The lowest BCUT2D eigenvalue weighted by molar-refractivity contribution is -0.137. The van der Waals surface area contributed by atoms with Crippen molar-refractivity contribution in [3.8, 4) is 0 Å². The van der Waals surface area contributed by atoms with Gasteiger partial charge in [0.15, 0.2) is 0 Å². The van der Waals surface area contributed by atoms with Gasteiger partial charge in [-0.25, -0.2) is 0 Å². The summed E-state index contributed by atoms with van der Waals surface area (Å²) in [6.07, 6.45) is 1.60. The first kappa shape index (κ1) is 14.3. The van der Waals surface area contributed by atoms with Gasteiger partial charge in [-0.2, -0.15) is 0 Å². The van der Waals surface area contributed by atoms with Crippen LogP contribution in [0.4, 0.5) is 0 Å². The van der Waals surface area contributed by atoms with Gasteiger partial charge in [-0.1, -0.05) is 20.8 Å². The highest BCUT2D eigenvalue weighted by Crippen LogP contribution is 2.16. The molecule has 18 heavy (non-hydrogen) atoms. The van der Waals surface area contributed by atoms with Crippen molar-refractivity contribution in [1.29, 1.82) is 0 Å². The van der Waals surface area contributed by atoms with Gasteiger partial charge in [0.1, 0.15) is 12.2 Å². The number of carbonyl (C=O) groups is 2. The van der Waals surface area contributed by atoms with Crippen molar-refractivity contribution in [2.75, 3.05) is 13.6 Å². The third-order valence-corrected chi connectivity index (χ3v) is 2.41. The maximum atomic E-state index is 12.2. The summed E-state index contributed by atoms with van der Waals surface area (Å²) in [5.41, 5.74) is 0.415. The molecule has 0 fully saturated rings. The Morgan fingerprint density at radius 3 is 2.50 bits per heavy atom. The molecular formula is C13H20N2O3. The van der Waals surface area contributed by atoms with E-state index in [2.05, 4.69) is 0 Å². The van der Waals surface area contributed by atoms with Gasteiger partial charge in [0.2, 0.25) is 0 Å². The Morgan fingerprint density at radius 2 is 2.00 bits per heavy atom. The second kappa shape index (κ2) is 5.25. The van der Waals surface area contributed by atoms with Crippen molar-refractivity contribution in [1.82, 2.24) is 9.47 Å². The number of carbonyl (C=O) groups excluding carboxylic acids is 1. The van der Waals surface area contributed by atoms with Gasteiger partial charge in [-0.05, 0) is 17.5 Å². The van der Waals surface area contributed by atoms with Crippen LogP contribution in [0.2, 0.25) is 0 Å². The molecule has 1 rings (SSSR count). The lowest BCUT2D eigenvalue weighted by atomic mass is 9.96. The number of carboxylic acids is 1. The molecule has 0 unspecified atom stereocenters. The van der Waals surface area contributed by atoms with Crippen LogP contribution in [0.25, 0.3) is 0 Å². The molecule has 0 aliphatic heterocycles. The van der Waals surface area contributed by atoms with Crippen molar-refractivity contribution in [3.63, 3.8) is 0 Å². The average molecular weight is 252 g/mol. The normalized spacial score (nSPS) is 11.3. The first-order valence-corrected chi connectivity index (χ1v) is 5.83. The van der Waals surface area contributed by atoms with Crippen molar-refractivity contribution in [2.45, 2.75) is 27.3 Å². The summed E-state index contributed by atoms with van der Waals surface area (Å²) in [5, 5.41) is 8.77. The van der Waals surface area contributed by atoms with Crippen LogP contribution in [0.3, 0.4) is 0 Å². The summed E-state index contributed by atoms with van der Waals surface area (Å²) in [7, 11) is 1.73. The highest BCUT2D eigenvalue weighted by atomic mass is 16.4. The van der Waals surface area contributed by atoms with Gasteiger partial charge in [0.05, 0.1) is 0 Å². The molecule has 0 bridgehead atoms. The zero-order valence-corrected chi connectivity index (χ0v) is 11.3. The van der Waals surface area contributed by atoms with E-state index in [0.29, 0.717) is 12.2 Å². The Balaban J connectivity index is 2.84. The molecule has 0 aromatic carbocycles. The number of aromatic nitrogens is 1. The minimum absolute atomic E-state index is 0.00856. The molecule has 0 aliphatic rings. The van der Waals surface area contributed by atoms with E-state index in [9.17, 15) is 9.59 Å². The minimum Gasteiger partial charge on any atom is -0.480 e. The van der Waals surface area contributed by atoms with Crippen LogP contribution in [-0.4, -0.2) is 40.0 Å². The number of aliphatic carboxylic acids is 1. The van der Waals surface area contributed by atoms with Crippen LogP contribution in [-0.2, 0) is 11.3 Å². The van der Waals surface area contributed by atoms with Gasteiger partial charge in [0.25, 0.3) is 5.91 Å². The van der Waals surface area contributed by atoms with Gasteiger partial charge in [0, 0.05) is 19.8 Å². The van der Waals surface area contributed by atoms with Crippen LogP contribution < -0.4 is 0 Å². The van der Waals surface area contributed by atoms with E-state index >= 15 is 0 Å². The molecule has 0 aliphatic carbocycles. The largest absolute Gasteiger partial charge is 0.480 e. The Bertz CT molecular complexity index is 443. The van der Waals surface area contributed by atoms with Crippen LogP contribution in [0.5, 0.6) is 0 Å². The second-order valence-corrected chi connectivity index (χ2v) is 5.64.